The van der Waals surface area contributed by atoms with E-state index in [4.69, 9.17) is 11.6 Å². The van der Waals surface area contributed by atoms with Gasteiger partial charge in [-0.2, -0.15) is 0 Å². The van der Waals surface area contributed by atoms with Gasteiger partial charge in [0.2, 0.25) is 0 Å². The molecule has 0 aliphatic carbocycles. The molecule has 4 rings (SSSR count). The van der Waals surface area contributed by atoms with Gasteiger partial charge >= 0.3 is 0 Å². The summed E-state index contributed by atoms with van der Waals surface area (Å²) in [6, 6.07) is 5.00. The molecule has 1 aromatic carbocycles. The van der Waals surface area contributed by atoms with E-state index in [9.17, 15) is 9.90 Å². The first-order valence-electron chi connectivity index (χ1n) is 6.14. The normalized spacial score (nSPS) is 21.9. The Kier molecular flexibility index (Phi) is 2.78. The predicted molar refractivity (Wildman–Crippen MR) is 70.4 cm³/mol. The van der Waals surface area contributed by atoms with Gasteiger partial charge in [-0.1, -0.05) is 17.7 Å². The van der Waals surface area contributed by atoms with Crippen molar-refractivity contribution < 1.29 is 9.90 Å². The molecule has 3 fully saturated rings. The second-order valence-electron chi connectivity index (χ2n) is 4.87. The standard InChI is InChI=1S/C14H14ClNO2/c15-11-7-9(1-2-13(11)17)8-12-14(18)10-3-5-16(12)6-4-10/h1-2,7-8,10,17H,3-6H2/b12-8-. The average Bonchev–Trinajstić information content (AvgIpc) is 2.38. The molecule has 0 spiro atoms. The lowest BCUT2D eigenvalue weighted by Gasteiger charge is -2.41. The maximum Gasteiger partial charge on any atom is 0.182 e. The number of ketones is 1. The highest BCUT2D eigenvalue weighted by molar-refractivity contribution is 6.32. The number of hydrogen-bond donors (Lipinski definition) is 1. The lowest BCUT2D eigenvalue weighted by Crippen LogP contribution is -2.45. The first kappa shape index (κ1) is 11.6. The number of phenols is 1. The van der Waals surface area contributed by atoms with E-state index in [1.165, 1.54) is 0 Å². The van der Waals surface area contributed by atoms with Gasteiger partial charge in [-0.15, -0.1) is 0 Å². The third-order valence-electron chi connectivity index (χ3n) is 3.73. The summed E-state index contributed by atoms with van der Waals surface area (Å²) in [6.45, 7) is 1.93. The van der Waals surface area contributed by atoms with E-state index >= 15 is 0 Å². The molecule has 0 atom stereocenters. The minimum Gasteiger partial charge on any atom is -0.506 e. The Bertz CT molecular complexity index is 531. The van der Waals surface area contributed by atoms with E-state index in [0.29, 0.717) is 5.02 Å². The predicted octanol–water partition coefficient (Wildman–Crippen LogP) is 2.68. The fourth-order valence-corrected chi connectivity index (χ4v) is 2.87. The Hall–Kier alpha value is -1.48. The number of rotatable bonds is 1. The molecule has 3 nitrogen and oxygen atoms in total. The van der Waals surface area contributed by atoms with Crippen LogP contribution in [0.25, 0.3) is 6.08 Å². The molecular weight excluding hydrogens is 250 g/mol. The number of hydrogen-bond acceptors (Lipinski definition) is 3. The molecule has 18 heavy (non-hydrogen) atoms. The fraction of sp³-hybridized carbons (Fsp3) is 0.357. The van der Waals surface area contributed by atoms with E-state index < -0.39 is 0 Å². The van der Waals surface area contributed by atoms with Crippen LogP contribution in [0.4, 0.5) is 0 Å². The summed E-state index contributed by atoms with van der Waals surface area (Å²) >= 11 is 5.87. The molecule has 3 aliphatic rings. The van der Waals surface area contributed by atoms with Crippen molar-refractivity contribution in [2.45, 2.75) is 12.8 Å². The van der Waals surface area contributed by atoms with Crippen molar-refractivity contribution in [3.8, 4) is 5.75 Å². The Balaban J connectivity index is 1.95. The Morgan fingerprint density at radius 2 is 2.06 bits per heavy atom. The number of benzene rings is 1. The number of Topliss-reactive ketones (excluding diaryl/α,β-unsaturated/α-hetero) is 1. The van der Waals surface area contributed by atoms with Crippen LogP contribution in [0.2, 0.25) is 5.02 Å². The second kappa shape index (κ2) is 4.32. The molecule has 1 N–H and O–H groups in total. The number of phenolic OH excluding ortho intramolecular Hbond substituents is 1. The van der Waals surface area contributed by atoms with Crippen molar-refractivity contribution in [3.63, 3.8) is 0 Å². The number of allylic oxidation sites excluding steroid dienone is 1. The number of carbonyl (C=O) groups is 1. The van der Waals surface area contributed by atoms with Crippen LogP contribution in [0.1, 0.15) is 18.4 Å². The van der Waals surface area contributed by atoms with Gasteiger partial charge < -0.3 is 10.0 Å². The molecule has 0 radical (unpaired) electrons. The molecule has 0 unspecified atom stereocenters. The van der Waals surface area contributed by atoms with Crippen LogP contribution in [0.15, 0.2) is 23.9 Å². The lowest BCUT2D eigenvalue weighted by atomic mass is 9.84. The molecule has 3 aliphatic heterocycles. The molecule has 2 bridgehead atoms. The van der Waals surface area contributed by atoms with Crippen LogP contribution in [-0.2, 0) is 4.79 Å². The monoisotopic (exact) mass is 263 g/mol. The summed E-state index contributed by atoms with van der Waals surface area (Å²) in [7, 11) is 0. The van der Waals surface area contributed by atoms with Crippen LogP contribution in [0.5, 0.6) is 5.75 Å². The fourth-order valence-electron chi connectivity index (χ4n) is 2.68. The minimum atomic E-state index is 0.0654. The topological polar surface area (TPSA) is 40.5 Å². The summed E-state index contributed by atoms with van der Waals surface area (Å²) in [5, 5.41) is 9.69. The highest BCUT2D eigenvalue weighted by Gasteiger charge is 2.36. The summed E-state index contributed by atoms with van der Waals surface area (Å²) in [5.41, 5.74) is 1.65. The Morgan fingerprint density at radius 3 is 2.67 bits per heavy atom. The Labute approximate surface area is 111 Å². The van der Waals surface area contributed by atoms with E-state index in [1.807, 2.05) is 6.08 Å². The number of piperidine rings is 3. The molecule has 0 aromatic heterocycles. The third kappa shape index (κ3) is 1.89. The highest BCUT2D eigenvalue weighted by atomic mass is 35.5. The average molecular weight is 264 g/mol. The van der Waals surface area contributed by atoms with Gasteiger partial charge in [0, 0.05) is 19.0 Å². The zero-order valence-electron chi connectivity index (χ0n) is 9.90. The van der Waals surface area contributed by atoms with E-state index in [0.717, 1.165) is 37.2 Å². The van der Waals surface area contributed by atoms with Gasteiger partial charge in [-0.3, -0.25) is 4.79 Å². The van der Waals surface area contributed by atoms with Crippen molar-refractivity contribution in [1.82, 2.24) is 4.90 Å². The lowest BCUT2D eigenvalue weighted by molar-refractivity contribution is -0.125. The van der Waals surface area contributed by atoms with Gasteiger partial charge in [0.15, 0.2) is 5.78 Å². The van der Waals surface area contributed by atoms with Crippen LogP contribution in [0, 0.1) is 5.92 Å². The van der Waals surface area contributed by atoms with Gasteiger partial charge in [-0.05, 0) is 36.6 Å². The largest absolute Gasteiger partial charge is 0.506 e. The van der Waals surface area contributed by atoms with E-state index in [2.05, 4.69) is 4.90 Å². The van der Waals surface area contributed by atoms with Gasteiger partial charge in [0.1, 0.15) is 5.75 Å². The molecule has 0 amide bonds. The van der Waals surface area contributed by atoms with Crippen molar-refractivity contribution >= 4 is 23.5 Å². The molecule has 94 valence electrons. The smallest absolute Gasteiger partial charge is 0.182 e. The van der Waals surface area contributed by atoms with E-state index in [1.54, 1.807) is 18.2 Å². The maximum atomic E-state index is 12.2. The molecule has 4 heteroatoms. The highest BCUT2D eigenvalue weighted by Crippen LogP contribution is 2.33. The molecule has 0 saturated carbocycles. The summed E-state index contributed by atoms with van der Waals surface area (Å²) in [4.78, 5) is 14.3. The first-order valence-corrected chi connectivity index (χ1v) is 6.52. The molecule has 1 aromatic rings. The summed E-state index contributed by atoms with van der Waals surface area (Å²) < 4.78 is 0. The number of carbonyl (C=O) groups excluding carboxylic acids is 1. The van der Waals surface area contributed by atoms with Crippen LogP contribution < -0.4 is 0 Å². The second-order valence-corrected chi connectivity index (χ2v) is 5.27. The van der Waals surface area contributed by atoms with Crippen LogP contribution >= 0.6 is 11.6 Å². The summed E-state index contributed by atoms with van der Waals surface area (Å²) in [6.07, 6.45) is 3.83. The third-order valence-corrected chi connectivity index (χ3v) is 4.04. The van der Waals surface area contributed by atoms with Crippen molar-refractivity contribution in [3.05, 3.63) is 34.5 Å². The quantitative estimate of drug-likeness (QED) is 0.792. The van der Waals surface area contributed by atoms with E-state index in [-0.39, 0.29) is 17.5 Å². The first-order chi connectivity index (χ1) is 8.65. The number of aromatic hydroxyl groups is 1. The SMILES string of the molecule is O=C1/C(=C/c2ccc(O)c(Cl)c2)N2CCC1CC2. The Morgan fingerprint density at radius 1 is 1.33 bits per heavy atom. The zero-order valence-corrected chi connectivity index (χ0v) is 10.7. The van der Waals surface area contributed by atoms with Gasteiger partial charge in [0.05, 0.1) is 10.7 Å². The van der Waals surface area contributed by atoms with Crippen LogP contribution in [-0.4, -0.2) is 28.9 Å². The van der Waals surface area contributed by atoms with Gasteiger partial charge in [0.25, 0.3) is 0 Å². The van der Waals surface area contributed by atoms with Crippen molar-refractivity contribution in [2.24, 2.45) is 5.92 Å². The molecule has 3 saturated heterocycles. The number of halogens is 1. The van der Waals surface area contributed by atoms with Gasteiger partial charge in [-0.25, -0.2) is 0 Å². The zero-order chi connectivity index (χ0) is 12.7. The molecular formula is C14H14ClNO2. The maximum absolute atomic E-state index is 12.2. The number of nitrogens with zero attached hydrogens (tertiary/aromatic N) is 1. The van der Waals surface area contributed by atoms with Crippen molar-refractivity contribution in [1.29, 1.82) is 0 Å². The van der Waals surface area contributed by atoms with Crippen molar-refractivity contribution in [2.75, 3.05) is 13.1 Å². The minimum absolute atomic E-state index is 0.0654. The summed E-state index contributed by atoms with van der Waals surface area (Å²) in [5.74, 6) is 0.515. The molecule has 3 heterocycles. The number of fused-ring (bicyclic) bond motifs is 3. The van der Waals surface area contributed by atoms with Crippen LogP contribution in [0.3, 0.4) is 0 Å².